The number of nitrogens with zero attached hydrogens (tertiary/aromatic N) is 2. The van der Waals surface area contributed by atoms with E-state index in [1.165, 1.54) is 10.4 Å². The van der Waals surface area contributed by atoms with Gasteiger partial charge in [0.05, 0.1) is 11.9 Å². The van der Waals surface area contributed by atoms with Crippen LogP contribution in [0.15, 0.2) is 35.1 Å². The lowest BCUT2D eigenvalue weighted by Gasteiger charge is -2.10. The van der Waals surface area contributed by atoms with E-state index in [-0.39, 0.29) is 12.1 Å². The first-order valence-electron chi connectivity index (χ1n) is 7.79. The van der Waals surface area contributed by atoms with Crippen LogP contribution in [0.5, 0.6) is 0 Å². The molecular formula is C19H16N2OS. The zero-order valence-electron chi connectivity index (χ0n) is 12.7. The van der Waals surface area contributed by atoms with E-state index < -0.39 is 0 Å². The van der Waals surface area contributed by atoms with Crippen LogP contribution in [0, 0.1) is 12.3 Å². The van der Waals surface area contributed by atoms with Gasteiger partial charge in [-0.1, -0.05) is 36.3 Å². The van der Waals surface area contributed by atoms with Crippen molar-refractivity contribution < 1.29 is 0 Å². The maximum Gasteiger partial charge on any atom is 0.263 e. The minimum atomic E-state index is 0.0262. The highest BCUT2D eigenvalue weighted by atomic mass is 32.1. The summed E-state index contributed by atoms with van der Waals surface area (Å²) in [6, 6.07) is 10.1. The molecule has 0 amide bonds. The molecule has 0 fully saturated rings. The molecule has 0 radical (unpaired) electrons. The summed E-state index contributed by atoms with van der Waals surface area (Å²) in [6.45, 7) is 0.272. The Balaban J connectivity index is 1.91. The summed E-state index contributed by atoms with van der Waals surface area (Å²) in [5.41, 5.74) is 2.37. The van der Waals surface area contributed by atoms with E-state index in [0.29, 0.717) is 6.42 Å². The summed E-state index contributed by atoms with van der Waals surface area (Å²) in [4.78, 5) is 20.0. The molecule has 1 aromatic carbocycles. The molecule has 0 aliphatic heterocycles. The highest BCUT2D eigenvalue weighted by Crippen LogP contribution is 2.34. The van der Waals surface area contributed by atoms with E-state index in [1.807, 2.05) is 30.3 Å². The van der Waals surface area contributed by atoms with Crippen LogP contribution in [0.25, 0.3) is 10.2 Å². The van der Waals surface area contributed by atoms with Crippen LogP contribution in [-0.4, -0.2) is 9.55 Å². The predicted molar refractivity (Wildman–Crippen MR) is 94.0 cm³/mol. The molecular weight excluding hydrogens is 304 g/mol. The lowest BCUT2D eigenvalue weighted by atomic mass is 10.1. The number of hydrogen-bond donors (Lipinski definition) is 0. The monoisotopic (exact) mass is 320 g/mol. The Kier molecular flexibility index (Phi) is 3.51. The number of hydrogen-bond acceptors (Lipinski definition) is 3. The molecule has 2 heterocycles. The van der Waals surface area contributed by atoms with Crippen molar-refractivity contribution >= 4 is 21.6 Å². The van der Waals surface area contributed by atoms with E-state index in [4.69, 9.17) is 11.4 Å². The summed E-state index contributed by atoms with van der Waals surface area (Å²) < 4.78 is 1.67. The fourth-order valence-corrected chi connectivity index (χ4v) is 4.56. The van der Waals surface area contributed by atoms with Gasteiger partial charge in [0.1, 0.15) is 10.7 Å². The molecule has 114 valence electrons. The number of thiophene rings is 1. The molecule has 0 saturated heterocycles. The van der Waals surface area contributed by atoms with Gasteiger partial charge < -0.3 is 0 Å². The number of fused-ring (bicyclic) bond motifs is 3. The molecule has 0 bridgehead atoms. The number of rotatable bonds is 3. The first-order valence-corrected chi connectivity index (χ1v) is 8.61. The predicted octanol–water partition coefficient (Wildman–Crippen LogP) is 3.17. The molecule has 0 spiro atoms. The Labute approximate surface area is 138 Å². The summed E-state index contributed by atoms with van der Waals surface area (Å²) in [5, 5.41) is 0.801. The third-order valence-corrected chi connectivity index (χ3v) is 5.54. The summed E-state index contributed by atoms with van der Waals surface area (Å²) >= 11 is 1.68. The largest absolute Gasteiger partial charge is 0.284 e. The zero-order chi connectivity index (χ0) is 15.8. The SMILES string of the molecule is C#CCn1c(Cc2ccccc2)nc2sc3c(c2c1=O)CCC3. The average Bonchev–Trinajstić information content (AvgIpc) is 3.12. The third kappa shape index (κ3) is 2.38. The van der Waals surface area contributed by atoms with E-state index in [0.717, 1.165) is 40.9 Å². The normalized spacial score (nSPS) is 13.2. The Morgan fingerprint density at radius 2 is 2.09 bits per heavy atom. The first-order chi connectivity index (χ1) is 11.3. The van der Waals surface area contributed by atoms with E-state index in [1.54, 1.807) is 15.9 Å². The van der Waals surface area contributed by atoms with Crippen molar-refractivity contribution in [2.24, 2.45) is 0 Å². The molecule has 4 heteroatoms. The molecule has 1 aliphatic rings. The van der Waals surface area contributed by atoms with Gasteiger partial charge in [-0.25, -0.2) is 4.98 Å². The molecule has 4 rings (SSSR count). The average molecular weight is 320 g/mol. The first kappa shape index (κ1) is 14.2. The summed E-state index contributed by atoms with van der Waals surface area (Å²) in [6.07, 6.45) is 9.30. The Morgan fingerprint density at radius 1 is 1.26 bits per heavy atom. The lowest BCUT2D eigenvalue weighted by molar-refractivity contribution is 0.720. The van der Waals surface area contributed by atoms with Gasteiger partial charge in [0, 0.05) is 11.3 Å². The maximum atomic E-state index is 13.0. The van der Waals surface area contributed by atoms with Gasteiger partial charge in [-0.2, -0.15) is 0 Å². The van der Waals surface area contributed by atoms with Crippen LogP contribution in [0.4, 0.5) is 0 Å². The molecule has 0 unspecified atom stereocenters. The molecule has 1 aliphatic carbocycles. The second-order valence-corrected chi connectivity index (χ2v) is 6.91. The molecule has 3 aromatic rings. The van der Waals surface area contributed by atoms with Gasteiger partial charge in [-0.3, -0.25) is 9.36 Å². The van der Waals surface area contributed by atoms with Crippen molar-refractivity contribution in [3.8, 4) is 12.3 Å². The molecule has 0 atom stereocenters. The van der Waals surface area contributed by atoms with Crippen molar-refractivity contribution in [1.82, 2.24) is 9.55 Å². The van der Waals surface area contributed by atoms with Gasteiger partial charge in [0.25, 0.3) is 5.56 Å². The van der Waals surface area contributed by atoms with Crippen molar-refractivity contribution in [3.63, 3.8) is 0 Å². The highest BCUT2D eigenvalue weighted by Gasteiger charge is 2.22. The minimum absolute atomic E-state index is 0.0262. The van der Waals surface area contributed by atoms with E-state index in [2.05, 4.69) is 5.92 Å². The van der Waals surface area contributed by atoms with Crippen LogP contribution >= 0.6 is 11.3 Å². The number of benzene rings is 1. The second kappa shape index (κ2) is 5.68. The van der Waals surface area contributed by atoms with E-state index in [9.17, 15) is 4.79 Å². The van der Waals surface area contributed by atoms with Gasteiger partial charge in [-0.05, 0) is 30.4 Å². The van der Waals surface area contributed by atoms with Crippen molar-refractivity contribution in [3.05, 3.63) is 62.5 Å². The fourth-order valence-electron chi connectivity index (χ4n) is 3.29. The Bertz CT molecular complexity index is 977. The third-order valence-electron chi connectivity index (χ3n) is 4.36. The molecule has 2 aromatic heterocycles. The molecule has 0 N–H and O–H groups in total. The fraction of sp³-hybridized carbons (Fsp3) is 0.263. The minimum Gasteiger partial charge on any atom is -0.284 e. The van der Waals surface area contributed by atoms with Gasteiger partial charge in [0.15, 0.2) is 0 Å². The standard InChI is InChI=1S/C19H16N2OS/c1-2-11-21-16(12-13-7-4-3-5-8-13)20-18-17(19(21)22)14-9-6-10-15(14)23-18/h1,3-5,7-8H,6,9-12H2. The number of aryl methyl sites for hydroxylation is 2. The topological polar surface area (TPSA) is 34.9 Å². The number of aromatic nitrogens is 2. The van der Waals surface area contributed by atoms with Crippen LogP contribution in [0.2, 0.25) is 0 Å². The lowest BCUT2D eigenvalue weighted by Crippen LogP contribution is -2.25. The van der Waals surface area contributed by atoms with Crippen LogP contribution in [0.3, 0.4) is 0 Å². The second-order valence-electron chi connectivity index (χ2n) is 5.82. The number of terminal acetylenes is 1. The van der Waals surface area contributed by atoms with Crippen molar-refractivity contribution in [1.29, 1.82) is 0 Å². The Morgan fingerprint density at radius 3 is 2.87 bits per heavy atom. The van der Waals surface area contributed by atoms with Crippen LogP contribution < -0.4 is 5.56 Å². The molecule has 23 heavy (non-hydrogen) atoms. The van der Waals surface area contributed by atoms with Crippen molar-refractivity contribution in [2.45, 2.75) is 32.2 Å². The van der Waals surface area contributed by atoms with Crippen molar-refractivity contribution in [2.75, 3.05) is 0 Å². The molecule has 3 nitrogen and oxygen atoms in total. The quantitative estimate of drug-likeness (QED) is 0.695. The smallest absolute Gasteiger partial charge is 0.263 e. The maximum absolute atomic E-state index is 13.0. The van der Waals surface area contributed by atoms with Crippen LogP contribution in [-0.2, 0) is 25.8 Å². The summed E-state index contributed by atoms with van der Waals surface area (Å²) in [7, 11) is 0. The van der Waals surface area contributed by atoms with Gasteiger partial charge in [0.2, 0.25) is 0 Å². The molecule has 0 saturated carbocycles. The zero-order valence-corrected chi connectivity index (χ0v) is 13.5. The van der Waals surface area contributed by atoms with E-state index >= 15 is 0 Å². The van der Waals surface area contributed by atoms with Gasteiger partial charge in [-0.15, -0.1) is 17.8 Å². The Hall–Kier alpha value is -2.38. The van der Waals surface area contributed by atoms with Gasteiger partial charge >= 0.3 is 0 Å². The summed E-state index contributed by atoms with van der Waals surface area (Å²) in [5.74, 6) is 3.36. The van der Waals surface area contributed by atoms with Crippen LogP contribution in [0.1, 0.15) is 28.2 Å². The highest BCUT2D eigenvalue weighted by molar-refractivity contribution is 7.18.